The summed E-state index contributed by atoms with van der Waals surface area (Å²) >= 11 is 0. The van der Waals surface area contributed by atoms with E-state index in [0.717, 1.165) is 12.8 Å². The lowest BCUT2D eigenvalue weighted by Crippen LogP contribution is -2.18. The van der Waals surface area contributed by atoms with Crippen molar-refractivity contribution in [1.29, 1.82) is 0 Å². The summed E-state index contributed by atoms with van der Waals surface area (Å²) < 4.78 is 1.58. The van der Waals surface area contributed by atoms with Gasteiger partial charge in [-0.3, -0.25) is 9.48 Å². The number of hydrogen-bond acceptors (Lipinski definition) is 3. The zero-order chi connectivity index (χ0) is 9.97. The molecule has 1 fully saturated rings. The number of Topliss-reactive ketones (excluding diaryl/α,β-unsaturated/α-hetero) is 1. The Balaban J connectivity index is 2.07. The molecular weight excluding hydrogens is 178 g/mol. The van der Waals surface area contributed by atoms with Crippen LogP contribution in [0.2, 0.25) is 0 Å². The molecule has 0 aliphatic heterocycles. The number of nitrogens with zero attached hydrogens (tertiary/aromatic N) is 3. The van der Waals surface area contributed by atoms with Gasteiger partial charge in [0.05, 0.1) is 6.20 Å². The van der Waals surface area contributed by atoms with E-state index in [4.69, 9.17) is 0 Å². The van der Waals surface area contributed by atoms with Crippen LogP contribution >= 0.6 is 0 Å². The number of aromatic nitrogens is 3. The topological polar surface area (TPSA) is 47.8 Å². The Morgan fingerprint density at radius 1 is 1.43 bits per heavy atom. The second kappa shape index (κ2) is 3.90. The van der Waals surface area contributed by atoms with Crippen molar-refractivity contribution in [3.63, 3.8) is 0 Å². The van der Waals surface area contributed by atoms with Crippen molar-refractivity contribution in [1.82, 2.24) is 15.0 Å². The number of rotatable bonds is 2. The first kappa shape index (κ1) is 9.37. The molecule has 4 nitrogen and oxygen atoms in total. The number of aryl methyl sites for hydroxylation is 1. The Morgan fingerprint density at radius 2 is 2.14 bits per heavy atom. The minimum atomic E-state index is 0.179. The van der Waals surface area contributed by atoms with Crippen LogP contribution in [0.15, 0.2) is 6.20 Å². The van der Waals surface area contributed by atoms with Crippen molar-refractivity contribution in [2.24, 2.45) is 13.0 Å². The molecule has 1 aromatic heterocycles. The Morgan fingerprint density at radius 3 is 2.71 bits per heavy atom. The highest BCUT2D eigenvalue weighted by Gasteiger charge is 2.24. The molecule has 1 aliphatic rings. The van der Waals surface area contributed by atoms with Crippen LogP contribution in [-0.4, -0.2) is 20.8 Å². The summed E-state index contributed by atoms with van der Waals surface area (Å²) in [6, 6.07) is 0. The fourth-order valence-electron chi connectivity index (χ4n) is 2.03. The molecule has 76 valence electrons. The molecule has 0 atom stereocenters. The lowest BCUT2D eigenvalue weighted by Gasteiger charge is -2.18. The number of hydrogen-bond donors (Lipinski definition) is 0. The van der Waals surface area contributed by atoms with E-state index in [-0.39, 0.29) is 11.7 Å². The normalized spacial score (nSPS) is 18.4. The summed E-state index contributed by atoms with van der Waals surface area (Å²) in [6.45, 7) is 0. The van der Waals surface area contributed by atoms with Crippen LogP contribution in [0.1, 0.15) is 42.6 Å². The molecule has 1 aliphatic carbocycles. The molecule has 0 radical (unpaired) electrons. The van der Waals surface area contributed by atoms with Crippen molar-refractivity contribution in [3.05, 3.63) is 11.9 Å². The van der Waals surface area contributed by atoms with Gasteiger partial charge >= 0.3 is 0 Å². The van der Waals surface area contributed by atoms with E-state index in [9.17, 15) is 4.79 Å². The van der Waals surface area contributed by atoms with Gasteiger partial charge < -0.3 is 0 Å². The molecule has 14 heavy (non-hydrogen) atoms. The lowest BCUT2D eigenvalue weighted by atomic mass is 9.85. The third kappa shape index (κ3) is 1.84. The van der Waals surface area contributed by atoms with E-state index in [1.165, 1.54) is 19.3 Å². The molecule has 1 saturated carbocycles. The summed E-state index contributed by atoms with van der Waals surface area (Å²) in [5.74, 6) is 0.373. The minimum absolute atomic E-state index is 0.179. The number of ketones is 1. The fraction of sp³-hybridized carbons (Fsp3) is 0.700. The average molecular weight is 193 g/mol. The molecule has 4 heteroatoms. The molecule has 0 saturated heterocycles. The first-order valence-electron chi connectivity index (χ1n) is 5.18. The summed E-state index contributed by atoms with van der Waals surface area (Å²) in [7, 11) is 1.78. The van der Waals surface area contributed by atoms with Crippen molar-refractivity contribution in [2.75, 3.05) is 0 Å². The van der Waals surface area contributed by atoms with Gasteiger partial charge in [-0.05, 0) is 12.8 Å². The molecule has 0 aromatic carbocycles. The fourth-order valence-corrected chi connectivity index (χ4v) is 2.03. The summed E-state index contributed by atoms with van der Waals surface area (Å²) in [5.41, 5.74) is 0.527. The van der Waals surface area contributed by atoms with Crippen LogP contribution in [0.25, 0.3) is 0 Å². The van der Waals surface area contributed by atoms with Gasteiger partial charge in [0.25, 0.3) is 0 Å². The second-order valence-corrected chi connectivity index (χ2v) is 3.98. The maximum atomic E-state index is 11.9. The van der Waals surface area contributed by atoms with Crippen LogP contribution < -0.4 is 0 Å². The van der Waals surface area contributed by atoms with E-state index in [1.54, 1.807) is 17.9 Å². The molecule has 2 rings (SSSR count). The molecule has 0 amide bonds. The van der Waals surface area contributed by atoms with Crippen LogP contribution in [-0.2, 0) is 7.05 Å². The average Bonchev–Trinajstić information content (AvgIpc) is 2.65. The summed E-state index contributed by atoms with van der Waals surface area (Å²) in [4.78, 5) is 11.9. The number of carbonyl (C=O) groups excluding carboxylic acids is 1. The number of carbonyl (C=O) groups is 1. The van der Waals surface area contributed by atoms with Gasteiger partial charge in [0, 0.05) is 13.0 Å². The Hall–Kier alpha value is -1.19. The van der Waals surface area contributed by atoms with Gasteiger partial charge in [0.1, 0.15) is 5.69 Å². The maximum absolute atomic E-state index is 11.9. The molecule has 1 heterocycles. The zero-order valence-electron chi connectivity index (χ0n) is 8.44. The van der Waals surface area contributed by atoms with Crippen LogP contribution in [0.3, 0.4) is 0 Å². The van der Waals surface area contributed by atoms with Gasteiger partial charge in [0.15, 0.2) is 5.78 Å². The predicted molar refractivity (Wildman–Crippen MR) is 51.9 cm³/mol. The lowest BCUT2D eigenvalue weighted by molar-refractivity contribution is 0.0884. The monoisotopic (exact) mass is 193 g/mol. The van der Waals surface area contributed by atoms with E-state index < -0.39 is 0 Å². The van der Waals surface area contributed by atoms with E-state index in [2.05, 4.69) is 10.3 Å². The van der Waals surface area contributed by atoms with Crippen LogP contribution in [0.4, 0.5) is 0 Å². The Labute approximate surface area is 83.3 Å². The molecule has 1 aromatic rings. The first-order chi connectivity index (χ1) is 6.77. The van der Waals surface area contributed by atoms with E-state index in [0.29, 0.717) is 5.69 Å². The Bertz CT molecular complexity index is 326. The van der Waals surface area contributed by atoms with Gasteiger partial charge in [0.2, 0.25) is 0 Å². The smallest absolute Gasteiger partial charge is 0.187 e. The van der Waals surface area contributed by atoms with Gasteiger partial charge in [-0.1, -0.05) is 24.5 Å². The largest absolute Gasteiger partial charge is 0.292 e. The molecule has 0 spiro atoms. The molecule has 0 bridgehead atoms. The minimum Gasteiger partial charge on any atom is -0.292 e. The maximum Gasteiger partial charge on any atom is 0.187 e. The molecule has 0 N–H and O–H groups in total. The summed E-state index contributed by atoms with van der Waals surface area (Å²) in [6.07, 6.45) is 7.37. The first-order valence-corrected chi connectivity index (χ1v) is 5.18. The van der Waals surface area contributed by atoms with Crippen LogP contribution in [0.5, 0.6) is 0 Å². The van der Waals surface area contributed by atoms with Crippen molar-refractivity contribution < 1.29 is 4.79 Å². The van der Waals surface area contributed by atoms with Gasteiger partial charge in [-0.15, -0.1) is 5.10 Å². The SMILES string of the molecule is Cn1cc(C(=O)C2CCCCC2)nn1. The van der Waals surface area contributed by atoms with Crippen LogP contribution in [0, 0.1) is 5.92 Å². The van der Waals surface area contributed by atoms with Gasteiger partial charge in [-0.25, -0.2) is 0 Å². The van der Waals surface area contributed by atoms with E-state index >= 15 is 0 Å². The van der Waals surface area contributed by atoms with E-state index in [1.807, 2.05) is 0 Å². The highest BCUT2D eigenvalue weighted by molar-refractivity contribution is 5.95. The second-order valence-electron chi connectivity index (χ2n) is 3.98. The highest BCUT2D eigenvalue weighted by atomic mass is 16.1. The zero-order valence-corrected chi connectivity index (χ0v) is 8.44. The Kier molecular flexibility index (Phi) is 2.61. The quantitative estimate of drug-likeness (QED) is 0.670. The predicted octanol–water partition coefficient (Wildman–Crippen LogP) is 1.58. The standard InChI is InChI=1S/C10H15N3O/c1-13-7-9(11-12-13)10(14)8-5-3-2-4-6-8/h7-8H,2-6H2,1H3. The molecular formula is C10H15N3O. The molecule has 0 unspecified atom stereocenters. The van der Waals surface area contributed by atoms with Crippen molar-refractivity contribution in [2.45, 2.75) is 32.1 Å². The third-order valence-corrected chi connectivity index (χ3v) is 2.83. The van der Waals surface area contributed by atoms with Gasteiger partial charge in [-0.2, -0.15) is 0 Å². The highest BCUT2D eigenvalue weighted by Crippen LogP contribution is 2.26. The van der Waals surface area contributed by atoms with Crippen molar-refractivity contribution >= 4 is 5.78 Å². The summed E-state index contributed by atoms with van der Waals surface area (Å²) in [5, 5.41) is 7.63. The van der Waals surface area contributed by atoms with Crippen molar-refractivity contribution in [3.8, 4) is 0 Å². The third-order valence-electron chi connectivity index (χ3n) is 2.83.